The number of nitriles is 1. The number of thioether (sulfide) groups is 1. The molecule has 90 valence electrons. The molecule has 1 aromatic carbocycles. The van der Waals surface area contributed by atoms with Gasteiger partial charge in [0.25, 0.3) is 0 Å². The van der Waals surface area contributed by atoms with Crippen LogP contribution in [-0.2, 0) is 5.75 Å². The predicted molar refractivity (Wildman–Crippen MR) is 68.4 cm³/mol. The summed E-state index contributed by atoms with van der Waals surface area (Å²) in [5.74, 6) is 0.609. The zero-order valence-corrected chi connectivity index (χ0v) is 10.1. The fourth-order valence-electron chi connectivity index (χ4n) is 1.37. The molecule has 0 unspecified atom stereocenters. The first-order valence-corrected chi connectivity index (χ1v) is 6.11. The molecule has 0 aliphatic heterocycles. The molecule has 0 saturated carbocycles. The Morgan fingerprint density at radius 1 is 1.28 bits per heavy atom. The molecule has 2 aromatic rings. The van der Waals surface area contributed by atoms with Crippen molar-refractivity contribution in [3.63, 3.8) is 0 Å². The number of H-pyrrole nitrogens is 2. The van der Waals surface area contributed by atoms with Gasteiger partial charge in [0, 0.05) is 11.9 Å². The topological polar surface area (TPSA) is 89.5 Å². The van der Waals surface area contributed by atoms with Gasteiger partial charge in [-0.2, -0.15) is 5.26 Å². The van der Waals surface area contributed by atoms with E-state index in [9.17, 15) is 9.59 Å². The molecule has 1 aromatic heterocycles. The van der Waals surface area contributed by atoms with E-state index in [-0.39, 0.29) is 0 Å². The van der Waals surface area contributed by atoms with E-state index in [1.807, 2.05) is 12.1 Å². The Morgan fingerprint density at radius 3 is 2.83 bits per heavy atom. The summed E-state index contributed by atoms with van der Waals surface area (Å²) in [6.07, 6.45) is 1.46. The van der Waals surface area contributed by atoms with Crippen LogP contribution in [0.3, 0.4) is 0 Å². The van der Waals surface area contributed by atoms with Crippen molar-refractivity contribution in [2.24, 2.45) is 0 Å². The summed E-state index contributed by atoms with van der Waals surface area (Å²) in [5.41, 5.74) is 0.255. The van der Waals surface area contributed by atoms with Gasteiger partial charge >= 0.3 is 11.1 Å². The van der Waals surface area contributed by atoms with Gasteiger partial charge in [0.1, 0.15) is 0 Å². The van der Waals surface area contributed by atoms with Gasteiger partial charge in [-0.05, 0) is 17.7 Å². The fraction of sp³-hybridized carbons (Fsp3) is 0.0833. The molecule has 0 saturated heterocycles. The summed E-state index contributed by atoms with van der Waals surface area (Å²) in [7, 11) is 0. The van der Waals surface area contributed by atoms with Crippen LogP contribution in [0.2, 0.25) is 0 Å². The highest BCUT2D eigenvalue weighted by Gasteiger charge is 2.00. The van der Waals surface area contributed by atoms with Gasteiger partial charge in [-0.3, -0.25) is 9.59 Å². The normalized spacial score (nSPS) is 9.94. The summed E-state index contributed by atoms with van der Waals surface area (Å²) in [6.45, 7) is 0. The van der Waals surface area contributed by atoms with E-state index >= 15 is 0 Å². The lowest BCUT2D eigenvalue weighted by atomic mass is 10.2. The number of hydrogen-bond donors (Lipinski definition) is 2. The predicted octanol–water partition coefficient (Wildman–Crippen LogP) is 1.23. The van der Waals surface area contributed by atoms with E-state index in [0.29, 0.717) is 16.3 Å². The minimum atomic E-state index is -0.661. The van der Waals surface area contributed by atoms with Crippen LogP contribution < -0.4 is 11.1 Å². The van der Waals surface area contributed by atoms with Crippen molar-refractivity contribution in [3.8, 4) is 6.07 Å². The van der Waals surface area contributed by atoms with Crippen molar-refractivity contribution < 1.29 is 0 Å². The first-order chi connectivity index (χ1) is 8.69. The molecule has 18 heavy (non-hydrogen) atoms. The third-order valence-corrected chi connectivity index (χ3v) is 3.24. The number of aromatic amines is 2. The number of aromatic nitrogens is 2. The lowest BCUT2D eigenvalue weighted by molar-refractivity contribution is 0.971. The van der Waals surface area contributed by atoms with Crippen molar-refractivity contribution in [3.05, 3.63) is 62.3 Å². The van der Waals surface area contributed by atoms with Crippen LogP contribution in [0.4, 0.5) is 0 Å². The maximum absolute atomic E-state index is 11.1. The van der Waals surface area contributed by atoms with E-state index in [2.05, 4.69) is 16.0 Å². The highest BCUT2D eigenvalue weighted by Crippen LogP contribution is 2.19. The Kier molecular flexibility index (Phi) is 3.65. The molecule has 0 bridgehead atoms. The third kappa shape index (κ3) is 2.90. The Hall–Kier alpha value is -2.26. The Balaban J connectivity index is 2.11. The van der Waals surface area contributed by atoms with Gasteiger partial charge in [-0.25, -0.2) is 0 Å². The second-order valence-electron chi connectivity index (χ2n) is 3.54. The molecule has 2 N–H and O–H groups in total. The van der Waals surface area contributed by atoms with E-state index in [1.54, 1.807) is 12.1 Å². The zero-order valence-electron chi connectivity index (χ0n) is 9.27. The summed E-state index contributed by atoms with van der Waals surface area (Å²) >= 11 is 1.38. The second kappa shape index (κ2) is 5.38. The molecular weight excluding hydrogens is 250 g/mol. The quantitative estimate of drug-likeness (QED) is 0.640. The first kappa shape index (κ1) is 12.2. The third-order valence-electron chi connectivity index (χ3n) is 2.23. The molecule has 5 nitrogen and oxygen atoms in total. The van der Waals surface area contributed by atoms with E-state index in [4.69, 9.17) is 5.26 Å². The van der Waals surface area contributed by atoms with E-state index in [1.165, 1.54) is 18.0 Å². The van der Waals surface area contributed by atoms with Crippen LogP contribution in [0.15, 0.2) is 45.1 Å². The SMILES string of the molecule is N#Cc1cccc(CSc2c[nH]c(=O)c(=O)[nH]2)c1. The number of rotatable bonds is 3. The standard InChI is InChI=1S/C12H9N3O2S/c13-5-8-2-1-3-9(4-8)7-18-10-6-14-11(16)12(17)15-10/h1-4,6H,7H2,(H,14,16)(H,15,17). The Bertz CT molecular complexity index is 712. The van der Waals surface area contributed by atoms with Gasteiger partial charge in [-0.1, -0.05) is 12.1 Å². The minimum Gasteiger partial charge on any atom is -0.322 e. The summed E-state index contributed by atoms with van der Waals surface area (Å²) in [5, 5.41) is 9.36. The Morgan fingerprint density at radius 2 is 2.11 bits per heavy atom. The molecule has 0 aliphatic rings. The number of hydrogen-bond acceptors (Lipinski definition) is 4. The maximum atomic E-state index is 11.1. The van der Waals surface area contributed by atoms with Crippen LogP contribution in [0.1, 0.15) is 11.1 Å². The van der Waals surface area contributed by atoms with Gasteiger partial charge < -0.3 is 9.97 Å². The lowest BCUT2D eigenvalue weighted by Gasteiger charge is -2.01. The molecule has 0 spiro atoms. The monoisotopic (exact) mass is 259 g/mol. The maximum Gasteiger partial charge on any atom is 0.314 e. The van der Waals surface area contributed by atoms with Crippen LogP contribution in [0.25, 0.3) is 0 Å². The minimum absolute atomic E-state index is 0.585. The number of benzene rings is 1. The summed E-state index contributed by atoms with van der Waals surface area (Å²) in [4.78, 5) is 26.8. The first-order valence-electron chi connectivity index (χ1n) is 5.13. The largest absolute Gasteiger partial charge is 0.322 e. The molecule has 0 radical (unpaired) electrons. The van der Waals surface area contributed by atoms with Gasteiger partial charge in [0.2, 0.25) is 0 Å². The number of nitrogens with zero attached hydrogens (tertiary/aromatic N) is 1. The van der Waals surface area contributed by atoms with Crippen molar-refractivity contribution in [2.75, 3.05) is 0 Å². The van der Waals surface area contributed by atoms with Crippen LogP contribution in [0.5, 0.6) is 0 Å². The van der Waals surface area contributed by atoms with E-state index < -0.39 is 11.1 Å². The van der Waals surface area contributed by atoms with Crippen LogP contribution >= 0.6 is 11.8 Å². The average Bonchev–Trinajstić information content (AvgIpc) is 2.40. The van der Waals surface area contributed by atoms with Gasteiger partial charge in [0.15, 0.2) is 0 Å². The lowest BCUT2D eigenvalue weighted by Crippen LogP contribution is -2.28. The van der Waals surface area contributed by atoms with Crippen molar-refractivity contribution in [1.29, 1.82) is 5.26 Å². The molecule has 6 heteroatoms. The van der Waals surface area contributed by atoms with Crippen molar-refractivity contribution in [2.45, 2.75) is 10.8 Å². The highest BCUT2D eigenvalue weighted by atomic mass is 32.2. The summed E-state index contributed by atoms with van der Waals surface area (Å²) in [6, 6.07) is 9.30. The summed E-state index contributed by atoms with van der Waals surface area (Å²) < 4.78 is 0. The number of nitrogens with one attached hydrogen (secondary N) is 2. The van der Waals surface area contributed by atoms with Crippen molar-refractivity contribution in [1.82, 2.24) is 9.97 Å². The average molecular weight is 259 g/mol. The molecule has 2 rings (SSSR count). The smallest absolute Gasteiger partial charge is 0.314 e. The van der Waals surface area contributed by atoms with Crippen LogP contribution in [0, 0.1) is 11.3 Å². The van der Waals surface area contributed by atoms with E-state index in [0.717, 1.165) is 5.56 Å². The second-order valence-corrected chi connectivity index (χ2v) is 4.55. The van der Waals surface area contributed by atoms with Gasteiger partial charge in [-0.15, -0.1) is 11.8 Å². The molecule has 0 atom stereocenters. The van der Waals surface area contributed by atoms with Crippen LogP contribution in [-0.4, -0.2) is 9.97 Å². The molecule has 0 amide bonds. The fourth-order valence-corrected chi connectivity index (χ4v) is 2.18. The molecule has 0 fully saturated rings. The Labute approximate surface area is 106 Å². The highest BCUT2D eigenvalue weighted by molar-refractivity contribution is 7.98. The zero-order chi connectivity index (χ0) is 13.0. The molecular formula is C12H9N3O2S. The van der Waals surface area contributed by atoms with Gasteiger partial charge in [0.05, 0.1) is 16.7 Å². The molecule has 0 aliphatic carbocycles. The van der Waals surface area contributed by atoms with Crippen molar-refractivity contribution >= 4 is 11.8 Å². The molecule has 1 heterocycles.